The minimum absolute atomic E-state index is 0.176. The quantitative estimate of drug-likeness (QED) is 0.767. The van der Waals surface area contributed by atoms with Gasteiger partial charge in [0.15, 0.2) is 0 Å². The summed E-state index contributed by atoms with van der Waals surface area (Å²) in [4.78, 5) is 26.6. The fourth-order valence-corrected chi connectivity index (χ4v) is 3.27. The van der Waals surface area contributed by atoms with Gasteiger partial charge in [0, 0.05) is 19.3 Å². The lowest BCUT2D eigenvalue weighted by Gasteiger charge is -2.21. The van der Waals surface area contributed by atoms with Gasteiger partial charge in [-0.2, -0.15) is 0 Å². The maximum Gasteiger partial charge on any atom is 0.257 e. The zero-order valence-corrected chi connectivity index (χ0v) is 14.0. The first kappa shape index (κ1) is 15.6. The molecular formula is C19H21N5O. The Morgan fingerprint density at radius 1 is 1.04 bits per heavy atom. The molecule has 1 amide bonds. The lowest BCUT2D eigenvalue weighted by atomic mass is 10.2. The van der Waals surface area contributed by atoms with Crippen molar-refractivity contribution in [1.29, 1.82) is 0 Å². The molecule has 4 rings (SSSR count). The van der Waals surface area contributed by atoms with E-state index in [-0.39, 0.29) is 5.91 Å². The van der Waals surface area contributed by atoms with Gasteiger partial charge in [-0.3, -0.25) is 4.79 Å². The van der Waals surface area contributed by atoms with E-state index < -0.39 is 0 Å². The van der Waals surface area contributed by atoms with E-state index >= 15 is 0 Å². The highest BCUT2D eigenvalue weighted by molar-refractivity contribution is 6.07. The Hall–Kier alpha value is -2.89. The molecule has 6 nitrogen and oxygen atoms in total. The van der Waals surface area contributed by atoms with Gasteiger partial charge in [0.05, 0.1) is 23.1 Å². The van der Waals surface area contributed by atoms with Gasteiger partial charge >= 0.3 is 0 Å². The molecule has 1 aliphatic heterocycles. The molecule has 1 aromatic carbocycles. The van der Waals surface area contributed by atoms with Crippen LogP contribution >= 0.6 is 0 Å². The third kappa shape index (κ3) is 3.33. The second-order valence-corrected chi connectivity index (χ2v) is 6.36. The molecule has 2 N–H and O–H groups in total. The summed E-state index contributed by atoms with van der Waals surface area (Å²) in [5.41, 5.74) is 2.89. The third-order valence-corrected chi connectivity index (χ3v) is 4.64. The number of aromatic nitrogens is 3. The topological polar surface area (TPSA) is 73.9 Å². The molecular weight excluding hydrogens is 314 g/mol. The van der Waals surface area contributed by atoms with Crippen LogP contribution in [-0.4, -0.2) is 33.9 Å². The monoisotopic (exact) mass is 335 g/mol. The predicted octanol–water partition coefficient (Wildman–Crippen LogP) is 3.59. The molecule has 0 unspecified atom stereocenters. The Bertz CT molecular complexity index is 863. The second kappa shape index (κ2) is 6.93. The van der Waals surface area contributed by atoms with Gasteiger partial charge in [0.2, 0.25) is 0 Å². The van der Waals surface area contributed by atoms with Crippen LogP contribution in [0.4, 0.5) is 11.5 Å². The lowest BCUT2D eigenvalue weighted by molar-refractivity contribution is 0.102. The van der Waals surface area contributed by atoms with Gasteiger partial charge in [0.1, 0.15) is 11.3 Å². The van der Waals surface area contributed by atoms with Crippen LogP contribution in [0.25, 0.3) is 11.0 Å². The number of imidazole rings is 1. The Kier molecular flexibility index (Phi) is 4.33. The van der Waals surface area contributed by atoms with E-state index in [1.54, 1.807) is 12.5 Å². The van der Waals surface area contributed by atoms with Crippen molar-refractivity contribution < 1.29 is 4.79 Å². The SMILES string of the molecule is O=C(Nc1cccc2[nH]cnc12)c1ccc(N2CCCCCC2)nc1. The van der Waals surface area contributed by atoms with E-state index in [4.69, 9.17) is 0 Å². The molecule has 0 bridgehead atoms. The first-order chi connectivity index (χ1) is 12.3. The summed E-state index contributed by atoms with van der Waals surface area (Å²) in [5, 5.41) is 2.92. The van der Waals surface area contributed by atoms with E-state index in [0.717, 1.165) is 29.9 Å². The number of aromatic amines is 1. The highest BCUT2D eigenvalue weighted by Crippen LogP contribution is 2.21. The molecule has 25 heavy (non-hydrogen) atoms. The van der Waals surface area contributed by atoms with Crippen LogP contribution in [0, 0.1) is 0 Å². The standard InChI is InChI=1S/C19H21N5O/c25-19(23-16-7-5-6-15-18(16)22-13-21-15)14-8-9-17(20-12-14)24-10-3-1-2-4-11-24/h5-9,12-13H,1-4,10-11H2,(H,21,22)(H,23,25). The van der Waals surface area contributed by atoms with Crippen molar-refractivity contribution in [3.63, 3.8) is 0 Å². The van der Waals surface area contributed by atoms with Crippen molar-refractivity contribution >= 4 is 28.4 Å². The van der Waals surface area contributed by atoms with Crippen LogP contribution in [0.2, 0.25) is 0 Å². The van der Waals surface area contributed by atoms with Crippen molar-refractivity contribution in [3.8, 4) is 0 Å². The number of amides is 1. The van der Waals surface area contributed by atoms with E-state index in [1.807, 2.05) is 30.3 Å². The van der Waals surface area contributed by atoms with E-state index in [9.17, 15) is 4.79 Å². The summed E-state index contributed by atoms with van der Waals surface area (Å²) in [5.74, 6) is 0.776. The summed E-state index contributed by atoms with van der Waals surface area (Å²) in [7, 11) is 0. The van der Waals surface area contributed by atoms with Crippen LogP contribution in [0.5, 0.6) is 0 Å². The number of nitrogens with zero attached hydrogens (tertiary/aromatic N) is 3. The molecule has 3 heterocycles. The fraction of sp³-hybridized carbons (Fsp3) is 0.316. The van der Waals surface area contributed by atoms with Crippen molar-refractivity contribution in [1.82, 2.24) is 15.0 Å². The molecule has 3 aromatic rings. The third-order valence-electron chi connectivity index (χ3n) is 4.64. The number of rotatable bonds is 3. The highest BCUT2D eigenvalue weighted by Gasteiger charge is 2.13. The largest absolute Gasteiger partial charge is 0.357 e. The molecule has 128 valence electrons. The number of anilines is 2. The average Bonchev–Trinajstić information content (AvgIpc) is 2.97. The van der Waals surface area contributed by atoms with Gasteiger partial charge < -0.3 is 15.2 Å². The maximum absolute atomic E-state index is 12.5. The fourth-order valence-electron chi connectivity index (χ4n) is 3.27. The molecule has 6 heteroatoms. The predicted molar refractivity (Wildman–Crippen MR) is 99.0 cm³/mol. The molecule has 1 saturated heterocycles. The van der Waals surface area contributed by atoms with Gasteiger partial charge in [-0.15, -0.1) is 0 Å². The highest BCUT2D eigenvalue weighted by atomic mass is 16.1. The van der Waals surface area contributed by atoms with Crippen LogP contribution < -0.4 is 10.2 Å². The minimum Gasteiger partial charge on any atom is -0.357 e. The summed E-state index contributed by atoms with van der Waals surface area (Å²) in [6.07, 6.45) is 8.26. The van der Waals surface area contributed by atoms with Crippen molar-refractivity contribution in [2.24, 2.45) is 0 Å². The lowest BCUT2D eigenvalue weighted by Crippen LogP contribution is -2.25. The second-order valence-electron chi connectivity index (χ2n) is 6.36. The van der Waals surface area contributed by atoms with Gasteiger partial charge in [-0.1, -0.05) is 18.9 Å². The number of hydrogen-bond donors (Lipinski definition) is 2. The molecule has 1 fully saturated rings. The number of para-hydroxylation sites is 1. The Balaban J connectivity index is 1.49. The Morgan fingerprint density at radius 3 is 2.64 bits per heavy atom. The summed E-state index contributed by atoms with van der Waals surface area (Å²) in [6, 6.07) is 9.44. The van der Waals surface area contributed by atoms with Crippen molar-refractivity contribution in [2.75, 3.05) is 23.3 Å². The van der Waals surface area contributed by atoms with Crippen molar-refractivity contribution in [3.05, 3.63) is 48.4 Å². The summed E-state index contributed by atoms with van der Waals surface area (Å²) < 4.78 is 0. The van der Waals surface area contributed by atoms with Crippen LogP contribution in [0.1, 0.15) is 36.0 Å². The summed E-state index contributed by atoms with van der Waals surface area (Å²) in [6.45, 7) is 2.08. The van der Waals surface area contributed by atoms with Crippen LogP contribution in [-0.2, 0) is 0 Å². The number of fused-ring (bicyclic) bond motifs is 1. The van der Waals surface area contributed by atoms with Gasteiger partial charge in [-0.25, -0.2) is 9.97 Å². The van der Waals surface area contributed by atoms with Crippen molar-refractivity contribution in [2.45, 2.75) is 25.7 Å². The van der Waals surface area contributed by atoms with Crippen LogP contribution in [0.3, 0.4) is 0 Å². The Morgan fingerprint density at radius 2 is 1.88 bits per heavy atom. The number of pyridine rings is 1. The van der Waals surface area contributed by atoms with Gasteiger partial charge in [-0.05, 0) is 37.1 Å². The number of benzene rings is 1. The molecule has 0 aliphatic carbocycles. The minimum atomic E-state index is -0.176. The molecule has 0 spiro atoms. The van der Waals surface area contributed by atoms with E-state index in [0.29, 0.717) is 11.3 Å². The molecule has 1 aliphatic rings. The molecule has 2 aromatic heterocycles. The number of carbonyl (C=O) groups excluding carboxylic acids is 1. The van der Waals surface area contributed by atoms with E-state index in [2.05, 4.69) is 25.2 Å². The first-order valence-corrected chi connectivity index (χ1v) is 8.76. The zero-order valence-electron chi connectivity index (χ0n) is 14.0. The normalized spacial score (nSPS) is 15.1. The average molecular weight is 335 g/mol. The number of carbonyl (C=O) groups is 1. The molecule has 0 radical (unpaired) electrons. The number of nitrogens with one attached hydrogen (secondary N) is 2. The molecule has 0 atom stereocenters. The number of hydrogen-bond acceptors (Lipinski definition) is 4. The summed E-state index contributed by atoms with van der Waals surface area (Å²) >= 11 is 0. The van der Waals surface area contributed by atoms with E-state index in [1.165, 1.54) is 25.7 Å². The molecule has 0 saturated carbocycles. The smallest absolute Gasteiger partial charge is 0.257 e. The Labute approximate surface area is 146 Å². The van der Waals surface area contributed by atoms with Crippen LogP contribution in [0.15, 0.2) is 42.9 Å². The van der Waals surface area contributed by atoms with Gasteiger partial charge in [0.25, 0.3) is 5.91 Å². The number of H-pyrrole nitrogens is 1. The maximum atomic E-state index is 12.5. The first-order valence-electron chi connectivity index (χ1n) is 8.76. The zero-order chi connectivity index (χ0) is 17.1.